The van der Waals surface area contributed by atoms with Crippen LogP contribution in [0.3, 0.4) is 0 Å². The average Bonchev–Trinajstić information content (AvgIpc) is 3.00. The number of hydrogen-bond donors (Lipinski definition) is 2. The minimum absolute atomic E-state index is 0.101. The third-order valence-electron chi connectivity index (χ3n) is 6.05. The van der Waals surface area contributed by atoms with Crippen LogP contribution in [0.4, 0.5) is 0 Å². The molecule has 1 aliphatic heterocycles. The zero-order valence-electron chi connectivity index (χ0n) is 14.8. The summed E-state index contributed by atoms with van der Waals surface area (Å²) in [6.07, 6.45) is 7.50. The van der Waals surface area contributed by atoms with Gasteiger partial charge in [-0.15, -0.1) is 0 Å². The predicted molar refractivity (Wildman–Crippen MR) is 91.4 cm³/mol. The van der Waals surface area contributed by atoms with Crippen molar-refractivity contribution < 1.29 is 14.7 Å². The Balaban J connectivity index is 1.61. The first-order valence-electron chi connectivity index (χ1n) is 9.52. The van der Waals surface area contributed by atoms with Crippen LogP contribution in [-0.4, -0.2) is 70.6 Å². The van der Waals surface area contributed by atoms with Gasteiger partial charge in [-0.3, -0.25) is 14.5 Å². The lowest BCUT2D eigenvalue weighted by Gasteiger charge is -2.44. The number of nitrogens with zero attached hydrogens (tertiary/aromatic N) is 2. The Morgan fingerprint density at radius 2 is 1.67 bits per heavy atom. The topological polar surface area (TPSA) is 72.9 Å². The fraction of sp³-hybridized carbons (Fsp3) is 0.889. The summed E-state index contributed by atoms with van der Waals surface area (Å²) in [6.45, 7) is 4.54. The number of carbonyl (C=O) groups is 2. The van der Waals surface area contributed by atoms with Crippen molar-refractivity contribution in [1.29, 1.82) is 0 Å². The van der Waals surface area contributed by atoms with Crippen LogP contribution in [0.5, 0.6) is 0 Å². The Morgan fingerprint density at radius 3 is 2.21 bits per heavy atom. The van der Waals surface area contributed by atoms with Gasteiger partial charge in [0.25, 0.3) is 0 Å². The molecule has 3 fully saturated rings. The van der Waals surface area contributed by atoms with Crippen LogP contribution in [0.1, 0.15) is 58.3 Å². The van der Waals surface area contributed by atoms with Gasteiger partial charge in [0, 0.05) is 39.1 Å². The van der Waals surface area contributed by atoms with E-state index < -0.39 is 5.54 Å². The van der Waals surface area contributed by atoms with Gasteiger partial charge in [0.15, 0.2) is 0 Å². The molecule has 0 aromatic heterocycles. The maximum Gasteiger partial charge on any atom is 0.248 e. The summed E-state index contributed by atoms with van der Waals surface area (Å²) in [5, 5.41) is 13.1. The highest BCUT2D eigenvalue weighted by Gasteiger charge is 2.44. The molecule has 0 aromatic rings. The number of rotatable bonds is 3. The Bertz CT molecular complexity index is 468. The number of piperazine rings is 1. The molecule has 2 aliphatic carbocycles. The van der Waals surface area contributed by atoms with E-state index in [9.17, 15) is 14.7 Å². The first-order chi connectivity index (χ1) is 11.5. The zero-order chi connectivity index (χ0) is 17.2. The normalized spacial score (nSPS) is 31.0. The molecule has 1 heterocycles. The van der Waals surface area contributed by atoms with Gasteiger partial charge in [0.2, 0.25) is 11.8 Å². The molecule has 6 nitrogen and oxygen atoms in total. The summed E-state index contributed by atoms with van der Waals surface area (Å²) in [4.78, 5) is 29.1. The highest BCUT2D eigenvalue weighted by atomic mass is 16.3. The van der Waals surface area contributed by atoms with Crippen molar-refractivity contribution in [2.45, 2.75) is 76.0 Å². The minimum atomic E-state index is -0.681. The van der Waals surface area contributed by atoms with Gasteiger partial charge in [-0.1, -0.05) is 19.3 Å². The third kappa shape index (κ3) is 3.59. The van der Waals surface area contributed by atoms with Crippen molar-refractivity contribution in [3.63, 3.8) is 0 Å². The van der Waals surface area contributed by atoms with E-state index >= 15 is 0 Å². The fourth-order valence-corrected chi connectivity index (χ4v) is 4.79. The zero-order valence-corrected chi connectivity index (χ0v) is 14.8. The van der Waals surface area contributed by atoms with Crippen LogP contribution in [0, 0.1) is 0 Å². The lowest BCUT2D eigenvalue weighted by molar-refractivity contribution is -0.145. The van der Waals surface area contributed by atoms with Crippen LogP contribution < -0.4 is 5.32 Å². The SMILES string of the molecule is CC(=O)NC1(C(=O)N2CCN([C@H]3CCC[C@H]3O)CC2)CCCCC1. The number of aliphatic hydroxyl groups excluding tert-OH is 1. The van der Waals surface area contributed by atoms with Crippen molar-refractivity contribution in [2.75, 3.05) is 26.2 Å². The summed E-state index contributed by atoms with van der Waals surface area (Å²) in [5.41, 5.74) is -0.681. The van der Waals surface area contributed by atoms with E-state index in [2.05, 4.69) is 10.2 Å². The maximum absolute atomic E-state index is 13.1. The van der Waals surface area contributed by atoms with E-state index in [1.165, 1.54) is 6.92 Å². The van der Waals surface area contributed by atoms with E-state index in [4.69, 9.17) is 0 Å². The van der Waals surface area contributed by atoms with Crippen LogP contribution in [0.15, 0.2) is 0 Å². The molecular formula is C18H31N3O3. The van der Waals surface area contributed by atoms with Crippen LogP contribution in [0.2, 0.25) is 0 Å². The van der Waals surface area contributed by atoms with Crippen molar-refractivity contribution in [1.82, 2.24) is 15.1 Å². The first kappa shape index (κ1) is 17.7. The minimum Gasteiger partial charge on any atom is -0.391 e. The third-order valence-corrected chi connectivity index (χ3v) is 6.05. The van der Waals surface area contributed by atoms with Crippen LogP contribution in [-0.2, 0) is 9.59 Å². The van der Waals surface area contributed by atoms with Gasteiger partial charge in [0.05, 0.1) is 6.10 Å². The quantitative estimate of drug-likeness (QED) is 0.802. The highest BCUT2D eigenvalue weighted by Crippen LogP contribution is 2.31. The summed E-state index contributed by atoms with van der Waals surface area (Å²) in [7, 11) is 0. The molecule has 3 aliphatic rings. The molecule has 2 saturated carbocycles. The Labute approximate surface area is 144 Å². The van der Waals surface area contributed by atoms with E-state index in [1.54, 1.807) is 0 Å². The summed E-state index contributed by atoms with van der Waals surface area (Å²) in [5.74, 6) is -0.0121. The monoisotopic (exact) mass is 337 g/mol. The molecule has 0 radical (unpaired) electrons. The van der Waals surface area contributed by atoms with Gasteiger partial charge < -0.3 is 15.3 Å². The number of nitrogens with one attached hydrogen (secondary N) is 1. The fourth-order valence-electron chi connectivity index (χ4n) is 4.79. The molecule has 24 heavy (non-hydrogen) atoms. The standard InChI is InChI=1S/C18H31N3O3/c1-14(22)19-18(8-3-2-4-9-18)17(24)21-12-10-20(11-13-21)15-6-5-7-16(15)23/h15-16,23H,2-13H2,1H3,(H,19,22)/t15-,16+/m0/s1. The molecule has 0 unspecified atom stereocenters. The van der Waals surface area contributed by atoms with Gasteiger partial charge in [-0.2, -0.15) is 0 Å². The van der Waals surface area contributed by atoms with E-state index in [0.717, 1.165) is 64.5 Å². The molecule has 136 valence electrons. The molecule has 0 aromatic carbocycles. The summed E-state index contributed by atoms with van der Waals surface area (Å²) < 4.78 is 0. The van der Waals surface area contributed by atoms with Gasteiger partial charge in [-0.05, 0) is 32.1 Å². The number of hydrogen-bond acceptors (Lipinski definition) is 4. The van der Waals surface area contributed by atoms with Crippen LogP contribution >= 0.6 is 0 Å². The van der Waals surface area contributed by atoms with E-state index in [0.29, 0.717) is 13.1 Å². The van der Waals surface area contributed by atoms with Gasteiger partial charge >= 0.3 is 0 Å². The first-order valence-corrected chi connectivity index (χ1v) is 9.52. The Kier molecular flexibility index (Phi) is 5.45. The Morgan fingerprint density at radius 1 is 1.00 bits per heavy atom. The van der Waals surface area contributed by atoms with Crippen LogP contribution in [0.25, 0.3) is 0 Å². The molecule has 2 atom stereocenters. The molecule has 2 N–H and O–H groups in total. The molecule has 1 saturated heterocycles. The van der Waals surface area contributed by atoms with Crippen molar-refractivity contribution in [2.24, 2.45) is 0 Å². The molecule has 3 rings (SSSR count). The predicted octanol–water partition coefficient (Wildman–Crippen LogP) is 0.883. The highest BCUT2D eigenvalue weighted by molar-refractivity contribution is 5.91. The second kappa shape index (κ2) is 7.40. The molecule has 2 amide bonds. The second-order valence-corrected chi connectivity index (χ2v) is 7.72. The van der Waals surface area contributed by atoms with Crippen molar-refractivity contribution in [3.8, 4) is 0 Å². The number of amides is 2. The average molecular weight is 337 g/mol. The second-order valence-electron chi connectivity index (χ2n) is 7.72. The molecule has 0 spiro atoms. The lowest BCUT2D eigenvalue weighted by Crippen LogP contribution is -2.63. The maximum atomic E-state index is 13.1. The summed E-state index contributed by atoms with van der Waals surface area (Å²) >= 11 is 0. The van der Waals surface area contributed by atoms with E-state index in [1.807, 2.05) is 4.90 Å². The molecular weight excluding hydrogens is 306 g/mol. The summed E-state index contributed by atoms with van der Waals surface area (Å²) in [6, 6.07) is 0.265. The Hall–Kier alpha value is -1.14. The lowest BCUT2D eigenvalue weighted by atomic mass is 9.80. The van der Waals surface area contributed by atoms with E-state index in [-0.39, 0.29) is 24.0 Å². The smallest absolute Gasteiger partial charge is 0.248 e. The largest absolute Gasteiger partial charge is 0.391 e. The number of aliphatic hydroxyl groups is 1. The van der Waals surface area contributed by atoms with Crippen molar-refractivity contribution >= 4 is 11.8 Å². The number of carbonyl (C=O) groups excluding carboxylic acids is 2. The van der Waals surface area contributed by atoms with Crippen molar-refractivity contribution in [3.05, 3.63) is 0 Å². The molecule has 0 bridgehead atoms. The van der Waals surface area contributed by atoms with Gasteiger partial charge in [-0.25, -0.2) is 0 Å². The van der Waals surface area contributed by atoms with Gasteiger partial charge in [0.1, 0.15) is 5.54 Å². The molecule has 6 heteroatoms.